The lowest BCUT2D eigenvalue weighted by atomic mass is 9.83. The van der Waals surface area contributed by atoms with Gasteiger partial charge in [0.15, 0.2) is 0 Å². The average Bonchev–Trinajstić information content (AvgIpc) is 3.11. The Kier molecular flexibility index (Phi) is 5.99. The molecule has 1 aromatic heterocycles. The van der Waals surface area contributed by atoms with Crippen molar-refractivity contribution in [1.29, 1.82) is 0 Å². The lowest BCUT2D eigenvalue weighted by Crippen LogP contribution is -2.51. The summed E-state index contributed by atoms with van der Waals surface area (Å²) < 4.78 is 2.06. The predicted octanol–water partition coefficient (Wildman–Crippen LogP) is 3.46. The smallest absolute Gasteiger partial charge is 0.243 e. The van der Waals surface area contributed by atoms with Crippen LogP contribution in [-0.2, 0) is 4.79 Å². The third kappa shape index (κ3) is 4.21. The van der Waals surface area contributed by atoms with E-state index < -0.39 is 0 Å². The molecule has 2 fully saturated rings. The molecule has 0 spiro atoms. The molecule has 1 aromatic rings. The second-order valence-electron chi connectivity index (χ2n) is 8.02. The van der Waals surface area contributed by atoms with Crippen LogP contribution in [0.3, 0.4) is 0 Å². The Bertz CT molecular complexity index is 509. The van der Waals surface area contributed by atoms with Crippen molar-refractivity contribution >= 4 is 5.91 Å². The van der Waals surface area contributed by atoms with Crippen molar-refractivity contribution in [2.45, 2.75) is 64.5 Å². The van der Waals surface area contributed by atoms with E-state index in [0.717, 1.165) is 13.0 Å². The fourth-order valence-corrected chi connectivity index (χ4v) is 4.53. The van der Waals surface area contributed by atoms with Crippen LogP contribution in [0.15, 0.2) is 24.5 Å². The first kappa shape index (κ1) is 17.5. The van der Waals surface area contributed by atoms with Crippen molar-refractivity contribution in [3.05, 3.63) is 24.5 Å². The van der Waals surface area contributed by atoms with Gasteiger partial charge in [-0.3, -0.25) is 4.79 Å². The molecule has 1 amide bonds. The molecule has 3 rings (SSSR count). The monoisotopic (exact) mass is 331 g/mol. The Labute approximate surface area is 146 Å². The van der Waals surface area contributed by atoms with Gasteiger partial charge in [-0.05, 0) is 69.2 Å². The first-order chi connectivity index (χ1) is 11.6. The summed E-state index contributed by atoms with van der Waals surface area (Å²) in [5, 5.41) is 3.29. The number of rotatable bonds is 6. The zero-order chi connectivity index (χ0) is 16.9. The van der Waals surface area contributed by atoms with Crippen LogP contribution in [-0.4, -0.2) is 41.1 Å². The van der Waals surface area contributed by atoms with Gasteiger partial charge in [-0.2, -0.15) is 0 Å². The van der Waals surface area contributed by atoms with Crippen molar-refractivity contribution in [1.82, 2.24) is 14.8 Å². The van der Waals surface area contributed by atoms with Crippen LogP contribution in [0.2, 0.25) is 0 Å². The van der Waals surface area contributed by atoms with Gasteiger partial charge in [0.1, 0.15) is 6.04 Å². The maximum Gasteiger partial charge on any atom is 0.243 e. The molecule has 2 aliphatic heterocycles. The van der Waals surface area contributed by atoms with Crippen LogP contribution < -0.4 is 5.32 Å². The van der Waals surface area contributed by atoms with Gasteiger partial charge >= 0.3 is 0 Å². The summed E-state index contributed by atoms with van der Waals surface area (Å²) in [5.41, 5.74) is 0. The van der Waals surface area contributed by atoms with E-state index in [1.54, 1.807) is 0 Å². The van der Waals surface area contributed by atoms with E-state index in [2.05, 4.69) is 28.6 Å². The molecule has 0 radical (unpaired) electrons. The molecule has 24 heavy (non-hydrogen) atoms. The predicted molar refractivity (Wildman–Crippen MR) is 97.9 cm³/mol. The number of hydrogen-bond acceptors (Lipinski definition) is 2. The molecule has 3 heterocycles. The largest absolute Gasteiger partial charge is 0.354 e. The Morgan fingerprint density at radius 3 is 2.62 bits per heavy atom. The number of aromatic nitrogens is 1. The van der Waals surface area contributed by atoms with Crippen molar-refractivity contribution < 1.29 is 4.79 Å². The van der Waals surface area contributed by atoms with Gasteiger partial charge in [-0.1, -0.05) is 20.3 Å². The third-order valence-electron chi connectivity index (χ3n) is 5.75. The summed E-state index contributed by atoms with van der Waals surface area (Å²) in [6, 6.07) is 4.62. The van der Waals surface area contributed by atoms with Crippen LogP contribution in [0.1, 0.15) is 58.4 Å². The number of nitrogens with one attached hydrogen (secondary N) is 1. The highest BCUT2D eigenvalue weighted by atomic mass is 16.2. The first-order valence-corrected chi connectivity index (χ1v) is 9.79. The first-order valence-electron chi connectivity index (χ1n) is 9.79. The highest BCUT2D eigenvalue weighted by molar-refractivity contribution is 5.80. The molecule has 3 atom stereocenters. The topological polar surface area (TPSA) is 37.3 Å². The number of carbonyl (C=O) groups is 1. The molecule has 0 aliphatic carbocycles. The molecular formula is C20H33N3O. The molecule has 1 N–H and O–H groups in total. The van der Waals surface area contributed by atoms with Crippen LogP contribution in [0, 0.1) is 11.8 Å². The van der Waals surface area contributed by atoms with Gasteiger partial charge in [0, 0.05) is 25.0 Å². The lowest BCUT2D eigenvalue weighted by molar-refractivity contribution is -0.125. The van der Waals surface area contributed by atoms with Crippen molar-refractivity contribution in [3.63, 3.8) is 0 Å². The zero-order valence-corrected chi connectivity index (χ0v) is 15.3. The molecule has 0 aromatic carbocycles. The SMILES string of the molecule is CC(C)C[C@@H](C(=O)NC[C@H]1CCCN2CCCC[C@@H]12)n1cccc1. The van der Waals surface area contributed by atoms with E-state index in [0.29, 0.717) is 17.9 Å². The second-order valence-corrected chi connectivity index (χ2v) is 8.02. The van der Waals surface area contributed by atoms with Gasteiger partial charge in [-0.15, -0.1) is 0 Å². The fraction of sp³-hybridized carbons (Fsp3) is 0.750. The van der Waals surface area contributed by atoms with Gasteiger partial charge in [-0.25, -0.2) is 0 Å². The number of nitrogens with zero attached hydrogens (tertiary/aromatic N) is 2. The third-order valence-corrected chi connectivity index (χ3v) is 5.75. The van der Waals surface area contributed by atoms with E-state index in [-0.39, 0.29) is 11.9 Å². The van der Waals surface area contributed by atoms with E-state index >= 15 is 0 Å². The molecule has 2 aliphatic rings. The van der Waals surface area contributed by atoms with E-state index in [1.165, 1.54) is 45.2 Å². The summed E-state index contributed by atoms with van der Waals surface area (Å²) in [5.74, 6) is 1.33. The second kappa shape index (κ2) is 8.19. The maximum absolute atomic E-state index is 12.8. The molecule has 0 bridgehead atoms. The van der Waals surface area contributed by atoms with Crippen LogP contribution in [0.5, 0.6) is 0 Å². The van der Waals surface area contributed by atoms with Gasteiger partial charge in [0.05, 0.1) is 0 Å². The summed E-state index contributed by atoms with van der Waals surface area (Å²) in [6.45, 7) is 7.73. The minimum atomic E-state index is -0.0777. The Morgan fingerprint density at radius 2 is 1.88 bits per heavy atom. The normalized spacial score (nSPS) is 26.1. The number of amides is 1. The maximum atomic E-state index is 12.8. The quantitative estimate of drug-likeness (QED) is 0.867. The molecule has 0 unspecified atom stereocenters. The zero-order valence-electron chi connectivity index (χ0n) is 15.3. The minimum absolute atomic E-state index is 0.0777. The molecule has 4 nitrogen and oxygen atoms in total. The number of piperidine rings is 2. The minimum Gasteiger partial charge on any atom is -0.354 e. The summed E-state index contributed by atoms with van der Waals surface area (Å²) in [4.78, 5) is 15.5. The molecule has 4 heteroatoms. The van der Waals surface area contributed by atoms with Crippen LogP contribution in [0.25, 0.3) is 0 Å². The summed E-state index contributed by atoms with van der Waals surface area (Å²) in [6.07, 6.45) is 11.5. The average molecular weight is 332 g/mol. The number of fused-ring (bicyclic) bond motifs is 1. The molecule has 2 saturated heterocycles. The van der Waals surface area contributed by atoms with E-state index in [9.17, 15) is 4.79 Å². The molecule has 134 valence electrons. The number of hydrogen-bond donors (Lipinski definition) is 1. The summed E-state index contributed by atoms with van der Waals surface area (Å²) in [7, 11) is 0. The van der Waals surface area contributed by atoms with E-state index in [4.69, 9.17) is 0 Å². The van der Waals surface area contributed by atoms with Crippen molar-refractivity contribution in [2.75, 3.05) is 19.6 Å². The highest BCUT2D eigenvalue weighted by Gasteiger charge is 2.33. The standard InChI is InChI=1S/C20H33N3O/c1-16(2)14-19(23-11-5-6-12-23)20(24)21-15-17-8-7-13-22-10-4-3-9-18(17)22/h5-6,11-12,16-19H,3-4,7-10,13-15H2,1-2H3,(H,21,24)/t17-,18+,19+/m1/s1. The van der Waals surface area contributed by atoms with Crippen LogP contribution in [0.4, 0.5) is 0 Å². The molecular weight excluding hydrogens is 298 g/mol. The van der Waals surface area contributed by atoms with E-state index in [1.807, 2.05) is 24.5 Å². The Morgan fingerprint density at radius 1 is 1.12 bits per heavy atom. The van der Waals surface area contributed by atoms with Gasteiger partial charge in [0.25, 0.3) is 0 Å². The highest BCUT2D eigenvalue weighted by Crippen LogP contribution is 2.30. The molecule has 0 saturated carbocycles. The number of carbonyl (C=O) groups excluding carboxylic acids is 1. The Balaban J connectivity index is 1.58. The van der Waals surface area contributed by atoms with Crippen LogP contribution >= 0.6 is 0 Å². The van der Waals surface area contributed by atoms with Crippen molar-refractivity contribution in [3.8, 4) is 0 Å². The summed E-state index contributed by atoms with van der Waals surface area (Å²) >= 11 is 0. The Hall–Kier alpha value is -1.29. The van der Waals surface area contributed by atoms with Gasteiger partial charge in [0.2, 0.25) is 5.91 Å². The lowest BCUT2D eigenvalue weighted by Gasteiger charge is -2.44. The van der Waals surface area contributed by atoms with Crippen molar-refractivity contribution in [2.24, 2.45) is 11.8 Å². The van der Waals surface area contributed by atoms with Gasteiger partial charge < -0.3 is 14.8 Å². The fourth-order valence-electron chi connectivity index (χ4n) is 4.53.